The van der Waals surface area contributed by atoms with Crippen molar-refractivity contribution in [2.24, 2.45) is 0 Å². The van der Waals surface area contributed by atoms with Crippen LogP contribution in [-0.4, -0.2) is 38.7 Å². The molecule has 1 aliphatic rings. The SMILES string of the molecule is COc1cc(C(=O)NNC(=O)COc2ccccc2Cl)cc2c1OCCO2. The van der Waals surface area contributed by atoms with Crippen LogP contribution in [0.4, 0.5) is 0 Å². The molecule has 0 saturated carbocycles. The maximum atomic E-state index is 12.3. The van der Waals surface area contributed by atoms with Crippen LogP contribution in [0, 0.1) is 0 Å². The molecule has 0 aliphatic carbocycles. The molecule has 0 atom stereocenters. The molecule has 0 fully saturated rings. The molecule has 0 aromatic heterocycles. The Morgan fingerprint density at radius 2 is 1.89 bits per heavy atom. The van der Waals surface area contributed by atoms with Gasteiger partial charge in [-0.1, -0.05) is 23.7 Å². The minimum Gasteiger partial charge on any atom is -0.493 e. The fourth-order valence-corrected chi connectivity index (χ4v) is 2.53. The van der Waals surface area contributed by atoms with Gasteiger partial charge in [-0.05, 0) is 24.3 Å². The standard InChI is InChI=1S/C18H17ClN2O6/c1-24-14-8-11(9-15-17(14)26-7-6-25-15)18(23)21-20-16(22)10-27-13-5-3-2-4-12(13)19/h2-5,8-9H,6-7,10H2,1H3,(H,20,22)(H,21,23). The molecule has 0 saturated heterocycles. The van der Waals surface area contributed by atoms with Gasteiger partial charge in [-0.25, -0.2) is 0 Å². The topological polar surface area (TPSA) is 95.1 Å². The Kier molecular flexibility index (Phi) is 5.87. The van der Waals surface area contributed by atoms with Crippen molar-refractivity contribution >= 4 is 23.4 Å². The van der Waals surface area contributed by atoms with Gasteiger partial charge in [-0.2, -0.15) is 0 Å². The number of amides is 2. The lowest BCUT2D eigenvalue weighted by molar-refractivity contribution is -0.123. The van der Waals surface area contributed by atoms with Gasteiger partial charge in [0.15, 0.2) is 18.1 Å². The average molecular weight is 393 g/mol. The number of hydrogen-bond acceptors (Lipinski definition) is 6. The number of para-hydroxylation sites is 1. The van der Waals surface area contributed by atoms with E-state index in [4.69, 9.17) is 30.5 Å². The van der Waals surface area contributed by atoms with Crippen molar-refractivity contribution in [3.8, 4) is 23.0 Å². The Morgan fingerprint density at radius 3 is 2.67 bits per heavy atom. The summed E-state index contributed by atoms with van der Waals surface area (Å²) in [5.74, 6) is 0.490. The van der Waals surface area contributed by atoms with Crippen LogP contribution in [0.15, 0.2) is 36.4 Å². The van der Waals surface area contributed by atoms with Crippen LogP contribution >= 0.6 is 11.6 Å². The molecule has 0 bridgehead atoms. The van der Waals surface area contributed by atoms with Crippen LogP contribution in [0.2, 0.25) is 5.02 Å². The number of carbonyl (C=O) groups is 2. The zero-order valence-electron chi connectivity index (χ0n) is 14.4. The minimum atomic E-state index is -0.548. The third-order valence-electron chi connectivity index (χ3n) is 3.60. The van der Waals surface area contributed by atoms with Gasteiger partial charge in [0.25, 0.3) is 11.8 Å². The van der Waals surface area contributed by atoms with E-state index < -0.39 is 11.8 Å². The van der Waals surface area contributed by atoms with Crippen molar-refractivity contribution in [2.45, 2.75) is 0 Å². The van der Waals surface area contributed by atoms with Crippen LogP contribution in [0.25, 0.3) is 0 Å². The summed E-state index contributed by atoms with van der Waals surface area (Å²) >= 11 is 5.94. The van der Waals surface area contributed by atoms with Gasteiger partial charge in [-0.3, -0.25) is 20.4 Å². The molecule has 0 radical (unpaired) electrons. The number of benzene rings is 2. The van der Waals surface area contributed by atoms with E-state index in [1.165, 1.54) is 19.2 Å². The van der Waals surface area contributed by atoms with Gasteiger partial charge in [-0.15, -0.1) is 0 Å². The van der Waals surface area contributed by atoms with Gasteiger partial charge in [0.1, 0.15) is 19.0 Å². The number of methoxy groups -OCH3 is 1. The summed E-state index contributed by atoms with van der Waals surface area (Å²) in [6.07, 6.45) is 0. The fraction of sp³-hybridized carbons (Fsp3) is 0.222. The molecule has 1 aliphatic heterocycles. The summed E-state index contributed by atoms with van der Waals surface area (Å²) < 4.78 is 21.5. The largest absolute Gasteiger partial charge is 0.493 e. The normalized spacial score (nSPS) is 12.1. The lowest BCUT2D eigenvalue weighted by atomic mass is 10.1. The van der Waals surface area contributed by atoms with Crippen LogP contribution in [0.3, 0.4) is 0 Å². The highest BCUT2D eigenvalue weighted by Gasteiger charge is 2.21. The second-order valence-corrected chi connectivity index (χ2v) is 5.83. The van der Waals surface area contributed by atoms with E-state index in [9.17, 15) is 9.59 Å². The van der Waals surface area contributed by atoms with Gasteiger partial charge < -0.3 is 18.9 Å². The highest BCUT2D eigenvalue weighted by Crippen LogP contribution is 2.40. The first-order chi connectivity index (χ1) is 13.1. The summed E-state index contributed by atoms with van der Waals surface area (Å²) in [5.41, 5.74) is 4.81. The van der Waals surface area contributed by atoms with Gasteiger partial charge in [0.2, 0.25) is 5.75 Å². The number of rotatable bonds is 5. The maximum absolute atomic E-state index is 12.3. The number of ether oxygens (including phenoxy) is 4. The summed E-state index contributed by atoms with van der Waals surface area (Å²) in [7, 11) is 1.46. The van der Waals surface area contributed by atoms with E-state index in [0.717, 1.165) is 0 Å². The smallest absolute Gasteiger partial charge is 0.276 e. The number of hydrazine groups is 1. The summed E-state index contributed by atoms with van der Waals surface area (Å²) in [6, 6.07) is 9.77. The Balaban J connectivity index is 1.57. The highest BCUT2D eigenvalue weighted by atomic mass is 35.5. The molecule has 0 unspecified atom stereocenters. The van der Waals surface area contributed by atoms with Crippen molar-refractivity contribution in [3.63, 3.8) is 0 Å². The second-order valence-electron chi connectivity index (χ2n) is 5.42. The number of halogens is 1. The average Bonchev–Trinajstić information content (AvgIpc) is 2.70. The number of hydrogen-bond donors (Lipinski definition) is 2. The first kappa shape index (κ1) is 18.7. The lowest BCUT2D eigenvalue weighted by Gasteiger charge is -2.21. The van der Waals surface area contributed by atoms with Crippen molar-refractivity contribution in [1.29, 1.82) is 0 Å². The van der Waals surface area contributed by atoms with Crippen molar-refractivity contribution in [2.75, 3.05) is 26.9 Å². The zero-order chi connectivity index (χ0) is 19.2. The number of nitrogens with one attached hydrogen (secondary N) is 2. The summed E-state index contributed by atoms with van der Waals surface area (Å²) in [6.45, 7) is 0.461. The van der Waals surface area contributed by atoms with Crippen LogP contribution in [0.5, 0.6) is 23.0 Å². The monoisotopic (exact) mass is 392 g/mol. The van der Waals surface area contributed by atoms with Crippen molar-refractivity contribution in [1.82, 2.24) is 10.9 Å². The predicted octanol–water partition coefficient (Wildman–Crippen LogP) is 1.96. The second kappa shape index (κ2) is 8.50. The Hall–Kier alpha value is -3.13. The van der Waals surface area contributed by atoms with E-state index in [2.05, 4.69) is 10.9 Å². The van der Waals surface area contributed by atoms with Crippen LogP contribution < -0.4 is 29.8 Å². The molecule has 9 heteroatoms. The maximum Gasteiger partial charge on any atom is 0.276 e. The Morgan fingerprint density at radius 1 is 1.11 bits per heavy atom. The molecule has 2 aromatic rings. The molecule has 27 heavy (non-hydrogen) atoms. The van der Waals surface area contributed by atoms with E-state index in [1.54, 1.807) is 24.3 Å². The molecule has 0 spiro atoms. The molecule has 2 aromatic carbocycles. The molecule has 3 rings (SSSR count). The lowest BCUT2D eigenvalue weighted by Crippen LogP contribution is -2.43. The van der Waals surface area contributed by atoms with Crippen LogP contribution in [0.1, 0.15) is 10.4 Å². The van der Waals surface area contributed by atoms with Gasteiger partial charge in [0, 0.05) is 5.56 Å². The first-order valence-corrected chi connectivity index (χ1v) is 8.40. The zero-order valence-corrected chi connectivity index (χ0v) is 15.2. The van der Waals surface area contributed by atoms with E-state index >= 15 is 0 Å². The Labute approximate surface area is 160 Å². The third-order valence-corrected chi connectivity index (χ3v) is 3.91. The van der Waals surface area contributed by atoms with Gasteiger partial charge in [0.05, 0.1) is 12.1 Å². The quantitative estimate of drug-likeness (QED) is 0.755. The summed E-state index contributed by atoms with van der Waals surface area (Å²) in [5, 5.41) is 0.387. The number of fused-ring (bicyclic) bond motifs is 1. The van der Waals surface area contributed by atoms with Crippen molar-refractivity contribution < 1.29 is 28.5 Å². The molecule has 8 nitrogen and oxygen atoms in total. The fourth-order valence-electron chi connectivity index (χ4n) is 2.34. The Bertz CT molecular complexity index is 840. The van der Waals surface area contributed by atoms with E-state index in [0.29, 0.717) is 41.2 Å². The molecule has 2 amide bonds. The van der Waals surface area contributed by atoms with Gasteiger partial charge >= 0.3 is 0 Å². The predicted molar refractivity (Wildman–Crippen MR) is 96.5 cm³/mol. The van der Waals surface area contributed by atoms with E-state index in [1.807, 2.05) is 0 Å². The van der Waals surface area contributed by atoms with E-state index in [-0.39, 0.29) is 12.2 Å². The molecule has 2 N–H and O–H groups in total. The first-order valence-electron chi connectivity index (χ1n) is 8.02. The highest BCUT2D eigenvalue weighted by molar-refractivity contribution is 6.32. The molecular weight excluding hydrogens is 376 g/mol. The molecule has 1 heterocycles. The molecule has 142 valence electrons. The number of carbonyl (C=O) groups excluding carboxylic acids is 2. The van der Waals surface area contributed by atoms with Crippen molar-refractivity contribution in [3.05, 3.63) is 47.0 Å². The molecular formula is C18H17ClN2O6. The minimum absolute atomic E-state index is 0.239. The third kappa shape index (κ3) is 4.53. The van der Waals surface area contributed by atoms with Crippen LogP contribution in [-0.2, 0) is 4.79 Å². The summed E-state index contributed by atoms with van der Waals surface area (Å²) in [4.78, 5) is 24.1.